The summed E-state index contributed by atoms with van der Waals surface area (Å²) < 4.78 is 19.5. The Bertz CT molecular complexity index is 397. The fourth-order valence-electron chi connectivity index (χ4n) is 2.22. The maximum atomic E-state index is 13.9. The summed E-state index contributed by atoms with van der Waals surface area (Å²) in [5.41, 5.74) is 1.14. The van der Waals surface area contributed by atoms with Gasteiger partial charge in [0.15, 0.2) is 0 Å². The number of aliphatic hydroxyl groups excluding tert-OH is 1. The van der Waals surface area contributed by atoms with Crippen molar-refractivity contribution in [1.29, 1.82) is 0 Å². The summed E-state index contributed by atoms with van der Waals surface area (Å²) in [5, 5.41) is 9.30. The van der Waals surface area contributed by atoms with Crippen molar-refractivity contribution in [2.45, 2.75) is 32.6 Å². The van der Waals surface area contributed by atoms with E-state index in [9.17, 15) is 9.50 Å². The lowest BCUT2D eigenvalue weighted by molar-refractivity contribution is 0.0339. The standard InChI is InChI=1S/C13H18FNO2/c1-9-8-17-10(2)6-15(9)13-11(7-16)4-3-5-12(13)14/h3-5,9-10,16H,6-8H2,1-2H3. The van der Waals surface area contributed by atoms with Crippen molar-refractivity contribution in [3.8, 4) is 0 Å². The topological polar surface area (TPSA) is 32.7 Å². The van der Waals surface area contributed by atoms with Gasteiger partial charge in [-0.3, -0.25) is 0 Å². The lowest BCUT2D eigenvalue weighted by Crippen LogP contribution is -2.48. The van der Waals surface area contributed by atoms with Crippen LogP contribution in [0.4, 0.5) is 10.1 Å². The Hall–Kier alpha value is -1.13. The Kier molecular flexibility index (Phi) is 3.64. The monoisotopic (exact) mass is 239 g/mol. The van der Waals surface area contributed by atoms with Gasteiger partial charge in [-0.05, 0) is 19.9 Å². The van der Waals surface area contributed by atoms with E-state index in [0.717, 1.165) is 0 Å². The second kappa shape index (κ2) is 5.02. The van der Waals surface area contributed by atoms with Crippen molar-refractivity contribution in [2.24, 2.45) is 0 Å². The minimum Gasteiger partial charge on any atom is -0.392 e. The van der Waals surface area contributed by atoms with Crippen molar-refractivity contribution < 1.29 is 14.2 Å². The number of morpholine rings is 1. The number of hydrogen-bond donors (Lipinski definition) is 1. The maximum absolute atomic E-state index is 13.9. The van der Waals surface area contributed by atoms with Gasteiger partial charge >= 0.3 is 0 Å². The first-order chi connectivity index (χ1) is 8.13. The molecular weight excluding hydrogens is 221 g/mol. The van der Waals surface area contributed by atoms with Crippen LogP contribution in [0.15, 0.2) is 18.2 Å². The van der Waals surface area contributed by atoms with E-state index in [4.69, 9.17) is 4.74 Å². The second-order valence-electron chi connectivity index (χ2n) is 4.55. The van der Waals surface area contributed by atoms with Crippen molar-refractivity contribution >= 4 is 5.69 Å². The highest BCUT2D eigenvalue weighted by Crippen LogP contribution is 2.28. The van der Waals surface area contributed by atoms with Gasteiger partial charge in [-0.25, -0.2) is 4.39 Å². The zero-order valence-electron chi connectivity index (χ0n) is 10.2. The van der Waals surface area contributed by atoms with Crippen LogP contribution in [0, 0.1) is 5.82 Å². The smallest absolute Gasteiger partial charge is 0.146 e. The fourth-order valence-corrected chi connectivity index (χ4v) is 2.22. The number of para-hydroxylation sites is 1. The van der Waals surface area contributed by atoms with Gasteiger partial charge in [0.2, 0.25) is 0 Å². The molecule has 1 saturated heterocycles. The predicted octanol–water partition coefficient (Wildman–Crippen LogP) is 1.93. The zero-order chi connectivity index (χ0) is 12.4. The second-order valence-corrected chi connectivity index (χ2v) is 4.55. The van der Waals surface area contributed by atoms with E-state index in [1.807, 2.05) is 18.7 Å². The largest absolute Gasteiger partial charge is 0.392 e. The Morgan fingerprint density at radius 2 is 2.24 bits per heavy atom. The van der Waals surface area contributed by atoms with Crippen molar-refractivity contribution in [3.63, 3.8) is 0 Å². The van der Waals surface area contributed by atoms with Crippen LogP contribution in [0.2, 0.25) is 0 Å². The van der Waals surface area contributed by atoms with Crippen LogP contribution in [0.25, 0.3) is 0 Å². The van der Waals surface area contributed by atoms with Gasteiger partial charge in [-0.1, -0.05) is 12.1 Å². The number of anilines is 1. The highest BCUT2D eigenvalue weighted by molar-refractivity contribution is 5.55. The lowest BCUT2D eigenvalue weighted by Gasteiger charge is -2.39. The van der Waals surface area contributed by atoms with E-state index in [1.165, 1.54) is 6.07 Å². The molecule has 1 N–H and O–H groups in total. The third kappa shape index (κ3) is 2.42. The predicted molar refractivity (Wildman–Crippen MR) is 64.5 cm³/mol. The summed E-state index contributed by atoms with van der Waals surface area (Å²) in [6.07, 6.45) is 0.0809. The average Bonchev–Trinajstić information content (AvgIpc) is 2.32. The molecule has 2 unspecified atom stereocenters. The van der Waals surface area contributed by atoms with E-state index in [0.29, 0.717) is 24.4 Å². The van der Waals surface area contributed by atoms with E-state index < -0.39 is 0 Å². The number of nitrogens with zero attached hydrogens (tertiary/aromatic N) is 1. The van der Waals surface area contributed by atoms with Crippen molar-refractivity contribution in [3.05, 3.63) is 29.6 Å². The molecule has 3 nitrogen and oxygen atoms in total. The average molecular weight is 239 g/mol. The van der Waals surface area contributed by atoms with E-state index in [2.05, 4.69) is 0 Å². The Balaban J connectivity index is 2.37. The molecule has 0 aromatic heterocycles. The van der Waals surface area contributed by atoms with Crippen molar-refractivity contribution in [2.75, 3.05) is 18.1 Å². The normalized spacial score (nSPS) is 25.1. The number of halogens is 1. The molecule has 1 heterocycles. The first-order valence-corrected chi connectivity index (χ1v) is 5.90. The van der Waals surface area contributed by atoms with Crippen LogP contribution in [-0.2, 0) is 11.3 Å². The Labute approximate surface area is 101 Å². The molecule has 1 fully saturated rings. The van der Waals surface area contributed by atoms with Crippen LogP contribution in [0.3, 0.4) is 0 Å². The number of benzene rings is 1. The van der Waals surface area contributed by atoms with Crippen LogP contribution in [-0.4, -0.2) is 30.4 Å². The van der Waals surface area contributed by atoms with Gasteiger partial charge in [-0.15, -0.1) is 0 Å². The lowest BCUT2D eigenvalue weighted by atomic mass is 10.1. The van der Waals surface area contributed by atoms with Gasteiger partial charge in [0.1, 0.15) is 5.82 Å². The molecule has 0 saturated carbocycles. The first-order valence-electron chi connectivity index (χ1n) is 5.90. The van der Waals surface area contributed by atoms with E-state index in [-0.39, 0.29) is 24.6 Å². The SMILES string of the molecule is CC1CN(c2c(F)cccc2CO)C(C)CO1. The minimum absolute atomic E-state index is 0.0809. The minimum atomic E-state index is -0.280. The fraction of sp³-hybridized carbons (Fsp3) is 0.538. The number of aliphatic hydroxyl groups is 1. The third-order valence-corrected chi connectivity index (χ3v) is 3.14. The molecular formula is C13H18FNO2. The van der Waals surface area contributed by atoms with Crippen LogP contribution >= 0.6 is 0 Å². The molecule has 2 rings (SSSR count). The summed E-state index contributed by atoms with van der Waals surface area (Å²) in [4.78, 5) is 1.98. The molecule has 1 aromatic carbocycles. The Morgan fingerprint density at radius 1 is 1.47 bits per heavy atom. The van der Waals surface area contributed by atoms with E-state index in [1.54, 1.807) is 12.1 Å². The summed E-state index contributed by atoms with van der Waals surface area (Å²) in [6, 6.07) is 4.93. The molecule has 17 heavy (non-hydrogen) atoms. The summed E-state index contributed by atoms with van der Waals surface area (Å²) in [5.74, 6) is -0.280. The van der Waals surface area contributed by atoms with Crippen LogP contribution in [0.1, 0.15) is 19.4 Å². The van der Waals surface area contributed by atoms with Gasteiger partial charge in [0.05, 0.1) is 25.0 Å². The first kappa shape index (κ1) is 12.3. The molecule has 1 aromatic rings. The molecule has 94 valence electrons. The highest BCUT2D eigenvalue weighted by Gasteiger charge is 2.27. The molecule has 0 amide bonds. The molecule has 0 bridgehead atoms. The summed E-state index contributed by atoms with van der Waals surface area (Å²) in [7, 11) is 0. The van der Waals surface area contributed by atoms with Crippen LogP contribution < -0.4 is 4.90 Å². The molecule has 1 aliphatic heterocycles. The van der Waals surface area contributed by atoms with Crippen LogP contribution in [0.5, 0.6) is 0 Å². The van der Waals surface area contributed by atoms with Gasteiger partial charge < -0.3 is 14.7 Å². The van der Waals surface area contributed by atoms with E-state index >= 15 is 0 Å². The molecule has 4 heteroatoms. The highest BCUT2D eigenvalue weighted by atomic mass is 19.1. The molecule has 0 spiro atoms. The van der Waals surface area contributed by atoms with Gasteiger partial charge in [0.25, 0.3) is 0 Å². The quantitative estimate of drug-likeness (QED) is 0.856. The Morgan fingerprint density at radius 3 is 2.94 bits per heavy atom. The summed E-state index contributed by atoms with van der Waals surface area (Å²) >= 11 is 0. The van der Waals surface area contributed by atoms with Gasteiger partial charge in [-0.2, -0.15) is 0 Å². The van der Waals surface area contributed by atoms with Gasteiger partial charge in [0, 0.05) is 18.2 Å². The number of rotatable bonds is 2. The zero-order valence-corrected chi connectivity index (χ0v) is 10.2. The maximum Gasteiger partial charge on any atom is 0.146 e. The van der Waals surface area contributed by atoms with Crippen molar-refractivity contribution in [1.82, 2.24) is 0 Å². The molecule has 0 aliphatic carbocycles. The molecule has 0 radical (unpaired) electrons. The molecule has 1 aliphatic rings. The number of ether oxygens (including phenoxy) is 1. The third-order valence-electron chi connectivity index (χ3n) is 3.14. The molecule has 2 atom stereocenters. The summed E-state index contributed by atoms with van der Waals surface area (Å²) in [6.45, 7) is 5.05. The number of hydrogen-bond acceptors (Lipinski definition) is 3.